The van der Waals surface area contributed by atoms with Crippen LogP contribution < -0.4 is 5.73 Å². The number of nitrogen functional groups attached to an aromatic ring is 1. The largest absolute Gasteiger partial charge is 0.446 e. The number of aryl methyl sites for hydroxylation is 1. The van der Waals surface area contributed by atoms with Crippen molar-refractivity contribution < 1.29 is 17.6 Å². The Labute approximate surface area is 105 Å². The van der Waals surface area contributed by atoms with Crippen molar-refractivity contribution in [3.8, 4) is 0 Å². The van der Waals surface area contributed by atoms with Gasteiger partial charge in [0.1, 0.15) is 5.82 Å². The summed E-state index contributed by atoms with van der Waals surface area (Å²) in [5, 5.41) is 0.757. The minimum Gasteiger partial charge on any atom is -0.399 e. The number of nitrogens with two attached hydrogens (primary N) is 1. The third-order valence-electron chi connectivity index (χ3n) is 2.46. The molecule has 0 aliphatic heterocycles. The van der Waals surface area contributed by atoms with Gasteiger partial charge < -0.3 is 5.73 Å². The molecule has 2 aromatic rings. The lowest BCUT2D eigenvalue weighted by Crippen LogP contribution is -2.01. The predicted octanol–water partition coefficient (Wildman–Crippen LogP) is 4.48. The van der Waals surface area contributed by atoms with Gasteiger partial charge in [-0.3, -0.25) is 0 Å². The summed E-state index contributed by atoms with van der Waals surface area (Å²) < 4.78 is 50.9. The van der Waals surface area contributed by atoms with Crippen molar-refractivity contribution in [1.82, 2.24) is 0 Å². The molecule has 0 aromatic heterocycles. The van der Waals surface area contributed by atoms with E-state index in [-0.39, 0.29) is 5.39 Å². The van der Waals surface area contributed by atoms with E-state index in [1.54, 1.807) is 6.92 Å². The van der Waals surface area contributed by atoms with Gasteiger partial charge in [0.2, 0.25) is 0 Å². The average molecular weight is 275 g/mol. The van der Waals surface area contributed by atoms with E-state index in [0.29, 0.717) is 16.6 Å². The summed E-state index contributed by atoms with van der Waals surface area (Å²) in [5.41, 5.74) is 2.06. The molecule has 0 fully saturated rings. The van der Waals surface area contributed by atoms with Crippen LogP contribution in [0.4, 0.5) is 23.2 Å². The zero-order chi connectivity index (χ0) is 13.5. The van der Waals surface area contributed by atoms with Gasteiger partial charge in [0.25, 0.3) is 0 Å². The molecule has 6 heteroatoms. The van der Waals surface area contributed by atoms with Gasteiger partial charge in [-0.2, -0.15) is 13.2 Å². The lowest BCUT2D eigenvalue weighted by molar-refractivity contribution is -0.0328. The van der Waals surface area contributed by atoms with E-state index in [0.717, 1.165) is 6.07 Å². The first kappa shape index (κ1) is 13.0. The molecule has 2 rings (SSSR count). The summed E-state index contributed by atoms with van der Waals surface area (Å²) in [5.74, 6) is -0.877. The highest BCUT2D eigenvalue weighted by atomic mass is 32.2. The maximum absolute atomic E-state index is 13.6. The normalized spacial score (nSPS) is 12.1. The summed E-state index contributed by atoms with van der Waals surface area (Å²) in [7, 11) is 0. The van der Waals surface area contributed by atoms with E-state index >= 15 is 0 Å². The molecular formula is C12H9F4NS. The van der Waals surface area contributed by atoms with Crippen LogP contribution >= 0.6 is 11.8 Å². The van der Waals surface area contributed by atoms with Gasteiger partial charge in [0, 0.05) is 11.1 Å². The minimum absolute atomic E-state index is 0.256. The maximum Gasteiger partial charge on any atom is 0.446 e. The fourth-order valence-electron chi connectivity index (χ4n) is 1.86. The number of rotatable bonds is 1. The van der Waals surface area contributed by atoms with E-state index in [1.807, 2.05) is 0 Å². The molecule has 0 atom stereocenters. The van der Waals surface area contributed by atoms with Gasteiger partial charge >= 0.3 is 5.51 Å². The van der Waals surface area contributed by atoms with Crippen molar-refractivity contribution in [1.29, 1.82) is 0 Å². The second-order valence-corrected chi connectivity index (χ2v) is 4.94. The summed E-state index contributed by atoms with van der Waals surface area (Å²) >= 11 is -0.439. The molecule has 0 amide bonds. The van der Waals surface area contributed by atoms with E-state index < -0.39 is 28.0 Å². The summed E-state index contributed by atoms with van der Waals surface area (Å²) in [6.07, 6.45) is 0. The van der Waals surface area contributed by atoms with Gasteiger partial charge in [0.05, 0.1) is 4.90 Å². The standard InChI is InChI=1S/C12H9F4NS/c1-6-4-8(17)5-7-2-3-9(13)11(10(6)7)18-12(14,15)16/h2-5H,17H2,1H3. The molecule has 0 heterocycles. The maximum atomic E-state index is 13.6. The fourth-order valence-corrected chi connectivity index (χ4v) is 2.64. The summed E-state index contributed by atoms with van der Waals surface area (Å²) in [6, 6.07) is 5.51. The van der Waals surface area contributed by atoms with Crippen molar-refractivity contribution in [2.24, 2.45) is 0 Å². The summed E-state index contributed by atoms with van der Waals surface area (Å²) in [6.45, 7) is 1.61. The number of thioether (sulfide) groups is 1. The van der Waals surface area contributed by atoms with E-state index in [2.05, 4.69) is 0 Å². The monoisotopic (exact) mass is 275 g/mol. The third-order valence-corrected chi connectivity index (χ3v) is 3.29. The first-order valence-electron chi connectivity index (χ1n) is 5.02. The first-order valence-corrected chi connectivity index (χ1v) is 5.83. The minimum atomic E-state index is -4.52. The molecule has 0 radical (unpaired) electrons. The molecule has 0 saturated heterocycles. The molecule has 0 saturated carbocycles. The van der Waals surface area contributed by atoms with Crippen LogP contribution in [0.25, 0.3) is 10.8 Å². The number of halogens is 4. The smallest absolute Gasteiger partial charge is 0.399 e. The Hall–Kier alpha value is -1.43. The molecular weight excluding hydrogens is 266 g/mol. The second kappa shape index (κ2) is 4.35. The number of fused-ring (bicyclic) bond motifs is 1. The van der Waals surface area contributed by atoms with Crippen LogP contribution in [0.2, 0.25) is 0 Å². The Balaban J connectivity index is 2.74. The molecule has 0 bridgehead atoms. The Morgan fingerprint density at radius 3 is 2.44 bits per heavy atom. The van der Waals surface area contributed by atoms with Crippen molar-refractivity contribution in [3.63, 3.8) is 0 Å². The van der Waals surface area contributed by atoms with Crippen LogP contribution in [0, 0.1) is 12.7 Å². The van der Waals surface area contributed by atoms with E-state index in [1.165, 1.54) is 18.2 Å². The second-order valence-electron chi connectivity index (χ2n) is 3.86. The Bertz CT molecular complexity index is 607. The number of hydrogen-bond donors (Lipinski definition) is 1. The zero-order valence-electron chi connectivity index (χ0n) is 9.31. The average Bonchev–Trinajstić information content (AvgIpc) is 2.20. The molecule has 1 nitrogen and oxygen atoms in total. The fraction of sp³-hybridized carbons (Fsp3) is 0.167. The number of anilines is 1. The van der Waals surface area contributed by atoms with Crippen LogP contribution in [0.15, 0.2) is 29.2 Å². The molecule has 0 aliphatic carbocycles. The Morgan fingerprint density at radius 2 is 1.83 bits per heavy atom. The number of hydrogen-bond acceptors (Lipinski definition) is 2. The van der Waals surface area contributed by atoms with E-state index in [9.17, 15) is 17.6 Å². The van der Waals surface area contributed by atoms with Crippen molar-refractivity contribution in [3.05, 3.63) is 35.6 Å². The van der Waals surface area contributed by atoms with Crippen molar-refractivity contribution in [2.75, 3.05) is 5.73 Å². The van der Waals surface area contributed by atoms with Gasteiger partial charge in [-0.05, 0) is 47.8 Å². The van der Waals surface area contributed by atoms with Crippen LogP contribution in [-0.4, -0.2) is 5.51 Å². The van der Waals surface area contributed by atoms with Crippen molar-refractivity contribution in [2.45, 2.75) is 17.3 Å². The van der Waals surface area contributed by atoms with Gasteiger partial charge in [-0.1, -0.05) is 6.07 Å². The van der Waals surface area contributed by atoms with Crippen LogP contribution in [0.5, 0.6) is 0 Å². The summed E-state index contributed by atoms with van der Waals surface area (Å²) in [4.78, 5) is -0.405. The predicted molar refractivity (Wildman–Crippen MR) is 65.0 cm³/mol. The highest BCUT2D eigenvalue weighted by molar-refractivity contribution is 8.00. The highest BCUT2D eigenvalue weighted by Crippen LogP contribution is 2.42. The number of alkyl halides is 3. The van der Waals surface area contributed by atoms with Gasteiger partial charge in [-0.25, -0.2) is 4.39 Å². The third kappa shape index (κ3) is 2.53. The first-order chi connectivity index (χ1) is 8.28. The molecule has 2 aromatic carbocycles. The topological polar surface area (TPSA) is 26.0 Å². The molecule has 2 N–H and O–H groups in total. The van der Waals surface area contributed by atoms with Crippen LogP contribution in [-0.2, 0) is 0 Å². The molecule has 0 aliphatic rings. The SMILES string of the molecule is Cc1cc(N)cc2ccc(F)c(SC(F)(F)F)c12. The van der Waals surface area contributed by atoms with Crippen LogP contribution in [0.1, 0.15) is 5.56 Å². The highest BCUT2D eigenvalue weighted by Gasteiger charge is 2.32. The van der Waals surface area contributed by atoms with Crippen LogP contribution in [0.3, 0.4) is 0 Å². The quantitative estimate of drug-likeness (QED) is 0.471. The van der Waals surface area contributed by atoms with Gasteiger partial charge in [0.15, 0.2) is 0 Å². The zero-order valence-corrected chi connectivity index (χ0v) is 10.1. The lowest BCUT2D eigenvalue weighted by atomic mass is 10.0. The molecule has 18 heavy (non-hydrogen) atoms. The molecule has 0 unspecified atom stereocenters. The van der Waals surface area contributed by atoms with Gasteiger partial charge in [-0.15, -0.1) is 0 Å². The number of benzene rings is 2. The van der Waals surface area contributed by atoms with E-state index in [4.69, 9.17) is 5.73 Å². The lowest BCUT2D eigenvalue weighted by Gasteiger charge is -2.12. The Kier molecular flexibility index (Phi) is 3.14. The Morgan fingerprint density at radius 1 is 1.17 bits per heavy atom. The molecule has 96 valence electrons. The van der Waals surface area contributed by atoms with Crippen molar-refractivity contribution >= 4 is 28.2 Å². The molecule has 0 spiro atoms.